The first-order chi connectivity index (χ1) is 16.8. The number of carbonyl (C=O) groups is 3. The van der Waals surface area contributed by atoms with Crippen molar-refractivity contribution < 1.29 is 28.6 Å². The van der Waals surface area contributed by atoms with Crippen molar-refractivity contribution in [1.29, 1.82) is 0 Å². The number of aliphatic hydroxyl groups is 1. The van der Waals surface area contributed by atoms with Crippen LogP contribution in [-0.4, -0.2) is 48.8 Å². The van der Waals surface area contributed by atoms with E-state index in [1.165, 1.54) is 18.2 Å². The van der Waals surface area contributed by atoms with E-state index in [9.17, 15) is 23.9 Å². The highest BCUT2D eigenvalue weighted by atomic mass is 35.5. The van der Waals surface area contributed by atoms with E-state index in [4.69, 9.17) is 11.6 Å². The number of hydrogen-bond acceptors (Lipinski definition) is 5. The fourth-order valence-electron chi connectivity index (χ4n) is 4.21. The number of aliphatic hydroxyl groups excluding tert-OH is 1. The number of ether oxygens (including phenoxy) is 1. The van der Waals surface area contributed by atoms with Crippen molar-refractivity contribution in [2.24, 2.45) is 0 Å². The minimum atomic E-state index is -1.46. The summed E-state index contributed by atoms with van der Waals surface area (Å²) in [5.41, 5.74) is 0.374. The zero-order valence-corrected chi connectivity index (χ0v) is 20.1. The average molecular weight is 506 g/mol. The van der Waals surface area contributed by atoms with E-state index in [0.29, 0.717) is 5.56 Å². The Morgan fingerprint density at radius 1 is 1.14 bits per heavy atom. The molecule has 1 saturated carbocycles. The maximum absolute atomic E-state index is 14.3. The minimum absolute atomic E-state index is 0.0591. The fraction of sp³-hybridized carbons (Fsp3) is 0.400. The van der Waals surface area contributed by atoms with Crippen LogP contribution in [0, 0.1) is 5.82 Å². The van der Waals surface area contributed by atoms with Gasteiger partial charge in [0.1, 0.15) is 17.9 Å². The van der Waals surface area contributed by atoms with Gasteiger partial charge < -0.3 is 20.5 Å². The highest BCUT2D eigenvalue weighted by molar-refractivity contribution is 6.31. The Hall–Kier alpha value is -3.17. The van der Waals surface area contributed by atoms with Crippen LogP contribution in [0.1, 0.15) is 43.7 Å². The molecule has 0 heterocycles. The van der Waals surface area contributed by atoms with Crippen LogP contribution in [0.5, 0.6) is 0 Å². The Morgan fingerprint density at radius 2 is 1.86 bits per heavy atom. The molecular formula is C25H29ClFN3O5. The van der Waals surface area contributed by atoms with Gasteiger partial charge in [0.25, 0.3) is 5.91 Å². The molecule has 2 aromatic carbocycles. The minimum Gasteiger partial charge on any atom is -0.453 e. The predicted octanol–water partition coefficient (Wildman–Crippen LogP) is 3.72. The maximum Gasteiger partial charge on any atom is 0.407 e. The fourth-order valence-corrected chi connectivity index (χ4v) is 4.44. The van der Waals surface area contributed by atoms with E-state index in [-0.39, 0.29) is 16.8 Å². The van der Waals surface area contributed by atoms with Crippen LogP contribution in [0.4, 0.5) is 14.9 Å². The van der Waals surface area contributed by atoms with Gasteiger partial charge in [-0.15, -0.1) is 0 Å². The van der Waals surface area contributed by atoms with Crippen molar-refractivity contribution in [3.63, 3.8) is 0 Å². The van der Waals surface area contributed by atoms with Crippen molar-refractivity contribution in [3.05, 3.63) is 64.9 Å². The molecule has 0 aromatic heterocycles. The van der Waals surface area contributed by atoms with Gasteiger partial charge in [-0.05, 0) is 37.1 Å². The van der Waals surface area contributed by atoms with Crippen LogP contribution in [0.3, 0.4) is 0 Å². The number of hydrogen-bond donors (Lipinski definition) is 3. The van der Waals surface area contributed by atoms with Crippen molar-refractivity contribution >= 4 is 35.2 Å². The topological polar surface area (TPSA) is 108 Å². The van der Waals surface area contributed by atoms with Crippen LogP contribution < -0.4 is 15.5 Å². The van der Waals surface area contributed by atoms with Crippen molar-refractivity contribution in [2.45, 2.75) is 50.2 Å². The molecule has 2 atom stereocenters. The van der Waals surface area contributed by atoms with Crippen molar-refractivity contribution in [1.82, 2.24) is 10.6 Å². The van der Waals surface area contributed by atoms with Crippen molar-refractivity contribution in [3.8, 4) is 0 Å². The van der Waals surface area contributed by atoms with Crippen molar-refractivity contribution in [2.75, 3.05) is 18.6 Å². The summed E-state index contributed by atoms with van der Waals surface area (Å²) < 4.78 is 18.8. The zero-order chi connectivity index (χ0) is 25.4. The lowest BCUT2D eigenvalue weighted by Gasteiger charge is -2.35. The molecule has 0 spiro atoms. The number of alkyl carbamates (subject to hydrolysis) is 1. The normalized spacial score (nSPS) is 15.5. The largest absolute Gasteiger partial charge is 0.453 e. The van der Waals surface area contributed by atoms with Crippen LogP contribution in [0.15, 0.2) is 48.5 Å². The quantitative estimate of drug-likeness (QED) is 0.507. The smallest absolute Gasteiger partial charge is 0.407 e. The van der Waals surface area contributed by atoms with Crippen LogP contribution in [0.2, 0.25) is 5.02 Å². The number of rotatable bonds is 8. The molecule has 0 bridgehead atoms. The molecular weight excluding hydrogens is 477 g/mol. The van der Waals surface area contributed by atoms with E-state index in [0.717, 1.165) is 50.2 Å². The Labute approximate surface area is 208 Å². The Bertz CT molecular complexity index is 1050. The molecule has 3 rings (SSSR count). The highest BCUT2D eigenvalue weighted by Crippen LogP contribution is 2.33. The summed E-state index contributed by atoms with van der Waals surface area (Å²) >= 11 is 6.46. The SMILES string of the molecule is COC(=O)N[C@@H](CO)C(=O)N(c1cccc(F)c1)[C@@H](C(=O)NC1CCCCC1)c1ccccc1Cl. The number of halogens is 2. The Balaban J connectivity index is 2.11. The van der Waals surface area contributed by atoms with E-state index < -0.39 is 42.4 Å². The first kappa shape index (κ1) is 26.4. The lowest BCUT2D eigenvalue weighted by molar-refractivity contribution is -0.128. The molecule has 2 aromatic rings. The van der Waals surface area contributed by atoms with Gasteiger partial charge in [0.15, 0.2) is 0 Å². The number of nitrogens with zero attached hydrogens (tertiary/aromatic N) is 1. The first-order valence-electron chi connectivity index (χ1n) is 11.4. The second-order valence-electron chi connectivity index (χ2n) is 8.33. The molecule has 3 amide bonds. The molecule has 0 unspecified atom stereocenters. The third kappa shape index (κ3) is 6.70. The highest BCUT2D eigenvalue weighted by Gasteiger charge is 2.38. The first-order valence-corrected chi connectivity index (χ1v) is 11.8. The lowest BCUT2D eigenvalue weighted by Crippen LogP contribution is -2.55. The zero-order valence-electron chi connectivity index (χ0n) is 19.4. The van der Waals surface area contributed by atoms with Gasteiger partial charge in [-0.3, -0.25) is 14.5 Å². The van der Waals surface area contributed by atoms with Gasteiger partial charge in [-0.25, -0.2) is 9.18 Å². The van der Waals surface area contributed by atoms with Crippen LogP contribution in [0.25, 0.3) is 0 Å². The van der Waals surface area contributed by atoms with Crippen LogP contribution in [-0.2, 0) is 14.3 Å². The van der Waals surface area contributed by atoms with Gasteiger partial charge >= 0.3 is 6.09 Å². The summed E-state index contributed by atoms with van der Waals surface area (Å²) in [6.07, 6.45) is 3.70. The Kier molecular flexibility index (Phi) is 9.45. The van der Waals surface area contributed by atoms with E-state index >= 15 is 0 Å². The Morgan fingerprint density at radius 3 is 2.49 bits per heavy atom. The van der Waals surface area contributed by atoms with Gasteiger partial charge in [0.05, 0.1) is 13.7 Å². The molecule has 10 heteroatoms. The molecule has 35 heavy (non-hydrogen) atoms. The number of amides is 3. The molecule has 188 valence electrons. The maximum atomic E-state index is 14.3. The predicted molar refractivity (Wildman–Crippen MR) is 130 cm³/mol. The summed E-state index contributed by atoms with van der Waals surface area (Å²) in [7, 11) is 1.11. The summed E-state index contributed by atoms with van der Waals surface area (Å²) in [4.78, 5) is 40.3. The number of methoxy groups -OCH3 is 1. The number of benzene rings is 2. The molecule has 3 N–H and O–H groups in total. The molecule has 0 radical (unpaired) electrons. The van der Waals surface area contributed by atoms with Gasteiger partial charge in [-0.2, -0.15) is 0 Å². The summed E-state index contributed by atoms with van der Waals surface area (Å²) in [6, 6.07) is 8.88. The van der Waals surface area contributed by atoms with Crippen LogP contribution >= 0.6 is 11.6 Å². The average Bonchev–Trinajstić information content (AvgIpc) is 2.86. The number of nitrogens with one attached hydrogen (secondary N) is 2. The van der Waals surface area contributed by atoms with Gasteiger partial charge in [0, 0.05) is 22.3 Å². The van der Waals surface area contributed by atoms with E-state index in [1.54, 1.807) is 24.3 Å². The molecule has 1 aliphatic rings. The number of carbonyl (C=O) groups excluding carboxylic acids is 3. The van der Waals surface area contributed by atoms with E-state index in [1.807, 2.05) is 0 Å². The second-order valence-corrected chi connectivity index (χ2v) is 8.73. The molecule has 8 nitrogen and oxygen atoms in total. The van der Waals surface area contributed by atoms with E-state index in [2.05, 4.69) is 15.4 Å². The van der Waals surface area contributed by atoms with Gasteiger partial charge in [-0.1, -0.05) is 55.1 Å². The summed E-state index contributed by atoms with van der Waals surface area (Å²) in [6.45, 7) is -0.779. The molecule has 0 saturated heterocycles. The lowest BCUT2D eigenvalue weighted by atomic mass is 9.94. The monoisotopic (exact) mass is 505 g/mol. The third-order valence-electron chi connectivity index (χ3n) is 5.94. The molecule has 1 aliphatic carbocycles. The second kappa shape index (κ2) is 12.5. The number of anilines is 1. The summed E-state index contributed by atoms with van der Waals surface area (Å²) in [5, 5.41) is 15.4. The summed E-state index contributed by atoms with van der Waals surface area (Å²) in [5.74, 6) is -1.98. The molecule has 0 aliphatic heterocycles. The van der Waals surface area contributed by atoms with Gasteiger partial charge in [0.2, 0.25) is 5.91 Å². The standard InChI is InChI=1S/C25H29ClFN3O5/c1-35-25(34)29-21(15-31)24(33)30(18-11-7-8-16(27)14-18)22(19-12-5-6-13-20(19)26)23(32)28-17-9-3-2-4-10-17/h5-8,11-14,17,21-22,31H,2-4,9-10,15H2,1H3,(H,28,32)(H,29,34)/t21-,22+/m0/s1. The molecule has 1 fully saturated rings. The third-order valence-corrected chi connectivity index (χ3v) is 6.28.